The van der Waals surface area contributed by atoms with Gasteiger partial charge in [-0.25, -0.2) is 0 Å². The maximum absolute atomic E-state index is 12.8. The fourth-order valence-electron chi connectivity index (χ4n) is 2.35. The van der Waals surface area contributed by atoms with Crippen molar-refractivity contribution in [1.29, 1.82) is 0 Å². The first-order valence-electron chi connectivity index (χ1n) is 8.53. The van der Waals surface area contributed by atoms with Crippen LogP contribution in [0, 0.1) is 12.8 Å². The number of nitrogens with one attached hydrogen (secondary N) is 1. The molecule has 0 fully saturated rings. The van der Waals surface area contributed by atoms with E-state index in [1.807, 2.05) is 13.0 Å². The van der Waals surface area contributed by atoms with Crippen molar-refractivity contribution < 1.29 is 18.4 Å². The second-order valence-corrected chi connectivity index (χ2v) is 6.55. The smallest absolute Gasteiger partial charge is 0.257 e. The molecule has 1 N–H and O–H groups in total. The van der Waals surface area contributed by atoms with Gasteiger partial charge in [0.25, 0.3) is 5.91 Å². The SMILES string of the molecule is Cc1occc1C(=O)N(CCC(=O)N[C@@H](C)C(C)C)Cc1ccco1. The van der Waals surface area contributed by atoms with Gasteiger partial charge in [-0.05, 0) is 38.0 Å². The van der Waals surface area contributed by atoms with E-state index in [9.17, 15) is 9.59 Å². The second-order valence-electron chi connectivity index (χ2n) is 6.55. The zero-order chi connectivity index (χ0) is 18.4. The molecule has 0 saturated heterocycles. The third-order valence-corrected chi connectivity index (χ3v) is 4.30. The number of carbonyl (C=O) groups excluding carboxylic acids is 2. The number of hydrogen-bond acceptors (Lipinski definition) is 4. The fourth-order valence-corrected chi connectivity index (χ4v) is 2.35. The first kappa shape index (κ1) is 18.8. The van der Waals surface area contributed by atoms with Gasteiger partial charge in [0.05, 0.1) is 24.6 Å². The number of hydrogen-bond donors (Lipinski definition) is 1. The first-order chi connectivity index (χ1) is 11.9. The first-order valence-corrected chi connectivity index (χ1v) is 8.53. The van der Waals surface area contributed by atoms with Crippen molar-refractivity contribution in [2.75, 3.05) is 6.54 Å². The molecular weight excluding hydrogens is 320 g/mol. The molecule has 25 heavy (non-hydrogen) atoms. The van der Waals surface area contributed by atoms with Crippen LogP contribution in [0.25, 0.3) is 0 Å². The number of furan rings is 2. The van der Waals surface area contributed by atoms with E-state index >= 15 is 0 Å². The maximum atomic E-state index is 12.8. The Morgan fingerprint density at radius 2 is 1.92 bits per heavy atom. The Balaban J connectivity index is 2.03. The van der Waals surface area contributed by atoms with Gasteiger partial charge >= 0.3 is 0 Å². The molecule has 0 aliphatic heterocycles. The lowest BCUT2D eigenvalue weighted by molar-refractivity contribution is -0.122. The molecular formula is C19H26N2O4. The summed E-state index contributed by atoms with van der Waals surface area (Å²) in [5.41, 5.74) is 0.502. The molecule has 2 aromatic rings. The number of aryl methyl sites for hydroxylation is 1. The molecule has 0 saturated carbocycles. The molecule has 0 aliphatic carbocycles. The molecule has 0 unspecified atom stereocenters. The minimum Gasteiger partial charge on any atom is -0.469 e. The third-order valence-electron chi connectivity index (χ3n) is 4.30. The van der Waals surface area contributed by atoms with Gasteiger partial charge in [0.1, 0.15) is 11.5 Å². The van der Waals surface area contributed by atoms with E-state index in [0.717, 1.165) is 0 Å². The van der Waals surface area contributed by atoms with Crippen molar-refractivity contribution in [1.82, 2.24) is 10.2 Å². The maximum Gasteiger partial charge on any atom is 0.257 e. The van der Waals surface area contributed by atoms with Gasteiger partial charge in [-0.1, -0.05) is 13.8 Å². The van der Waals surface area contributed by atoms with Gasteiger partial charge < -0.3 is 19.1 Å². The zero-order valence-corrected chi connectivity index (χ0v) is 15.2. The van der Waals surface area contributed by atoms with E-state index in [1.165, 1.54) is 6.26 Å². The summed E-state index contributed by atoms with van der Waals surface area (Å²) >= 11 is 0. The summed E-state index contributed by atoms with van der Waals surface area (Å²) in [6.07, 6.45) is 3.29. The van der Waals surface area contributed by atoms with Crippen molar-refractivity contribution in [3.05, 3.63) is 47.8 Å². The van der Waals surface area contributed by atoms with Crippen LogP contribution in [0.15, 0.2) is 39.6 Å². The van der Waals surface area contributed by atoms with Crippen molar-refractivity contribution in [3.63, 3.8) is 0 Å². The lowest BCUT2D eigenvalue weighted by Gasteiger charge is -2.22. The molecule has 2 rings (SSSR count). The predicted octanol–water partition coefficient (Wildman–Crippen LogP) is 3.37. The van der Waals surface area contributed by atoms with Crippen molar-refractivity contribution >= 4 is 11.8 Å². The van der Waals surface area contributed by atoms with Crippen LogP contribution in [-0.2, 0) is 11.3 Å². The molecule has 2 heterocycles. The molecule has 136 valence electrons. The van der Waals surface area contributed by atoms with Gasteiger partial charge in [0.15, 0.2) is 0 Å². The van der Waals surface area contributed by atoms with E-state index in [4.69, 9.17) is 8.83 Å². The highest BCUT2D eigenvalue weighted by Crippen LogP contribution is 2.15. The summed E-state index contributed by atoms with van der Waals surface area (Å²) in [7, 11) is 0. The second kappa shape index (κ2) is 8.55. The highest BCUT2D eigenvalue weighted by Gasteiger charge is 2.22. The van der Waals surface area contributed by atoms with Crippen molar-refractivity contribution in [3.8, 4) is 0 Å². The summed E-state index contributed by atoms with van der Waals surface area (Å²) in [6, 6.07) is 5.33. The molecule has 6 nitrogen and oxygen atoms in total. The van der Waals surface area contributed by atoms with Gasteiger partial charge in [0, 0.05) is 19.0 Å². The Kier molecular flexibility index (Phi) is 6.44. The lowest BCUT2D eigenvalue weighted by atomic mass is 10.1. The van der Waals surface area contributed by atoms with Crippen LogP contribution in [0.5, 0.6) is 0 Å². The van der Waals surface area contributed by atoms with Crippen LogP contribution in [0.3, 0.4) is 0 Å². The summed E-state index contributed by atoms with van der Waals surface area (Å²) in [5.74, 6) is 1.35. The van der Waals surface area contributed by atoms with Crippen molar-refractivity contribution in [2.45, 2.75) is 46.7 Å². The Labute approximate surface area is 148 Å². The third kappa shape index (κ3) is 5.24. The van der Waals surface area contributed by atoms with E-state index < -0.39 is 0 Å². The van der Waals surface area contributed by atoms with Crippen LogP contribution in [-0.4, -0.2) is 29.3 Å². The summed E-state index contributed by atoms with van der Waals surface area (Å²) in [4.78, 5) is 26.5. The lowest BCUT2D eigenvalue weighted by Crippen LogP contribution is -2.39. The number of amides is 2. The van der Waals surface area contributed by atoms with Crippen LogP contribution < -0.4 is 5.32 Å². The summed E-state index contributed by atoms with van der Waals surface area (Å²) in [5, 5.41) is 2.96. The quantitative estimate of drug-likeness (QED) is 0.795. The van der Waals surface area contributed by atoms with Gasteiger partial charge in [-0.2, -0.15) is 0 Å². The monoisotopic (exact) mass is 346 g/mol. The standard InChI is InChI=1S/C19H26N2O4/c1-13(2)14(3)20-18(22)7-9-21(12-16-6-5-10-25-16)19(23)17-8-11-24-15(17)4/h5-6,8,10-11,13-14H,7,9,12H2,1-4H3,(H,20,22)/t14-/m0/s1. The Morgan fingerprint density at radius 1 is 1.16 bits per heavy atom. The molecule has 6 heteroatoms. The summed E-state index contributed by atoms with van der Waals surface area (Å²) in [6.45, 7) is 8.45. The highest BCUT2D eigenvalue weighted by atomic mass is 16.3. The van der Waals surface area contributed by atoms with Gasteiger partial charge in [0.2, 0.25) is 5.91 Å². The minimum atomic E-state index is -0.174. The van der Waals surface area contributed by atoms with Gasteiger partial charge in [-0.3, -0.25) is 9.59 Å². The fraction of sp³-hybridized carbons (Fsp3) is 0.474. The van der Waals surface area contributed by atoms with Gasteiger partial charge in [-0.15, -0.1) is 0 Å². The Bertz CT molecular complexity index is 688. The highest BCUT2D eigenvalue weighted by molar-refractivity contribution is 5.95. The molecule has 1 atom stereocenters. The normalized spacial score (nSPS) is 12.2. The van der Waals surface area contributed by atoms with E-state index in [2.05, 4.69) is 19.2 Å². The average Bonchev–Trinajstić information content (AvgIpc) is 3.22. The molecule has 0 radical (unpaired) electrons. The van der Waals surface area contributed by atoms with E-state index in [-0.39, 0.29) is 24.3 Å². The summed E-state index contributed by atoms with van der Waals surface area (Å²) < 4.78 is 10.6. The predicted molar refractivity (Wildman–Crippen MR) is 94.0 cm³/mol. The minimum absolute atomic E-state index is 0.0673. The molecule has 2 aromatic heterocycles. The van der Waals surface area contributed by atoms with E-state index in [1.54, 1.807) is 30.2 Å². The molecule has 0 spiro atoms. The molecule has 2 amide bonds. The number of carbonyl (C=O) groups is 2. The Morgan fingerprint density at radius 3 is 2.48 bits per heavy atom. The average molecular weight is 346 g/mol. The van der Waals surface area contributed by atoms with Crippen LogP contribution in [0.4, 0.5) is 0 Å². The number of nitrogens with zero attached hydrogens (tertiary/aromatic N) is 1. The van der Waals surface area contributed by atoms with Crippen molar-refractivity contribution in [2.24, 2.45) is 5.92 Å². The van der Waals surface area contributed by atoms with Crippen LogP contribution >= 0.6 is 0 Å². The largest absolute Gasteiger partial charge is 0.469 e. The van der Waals surface area contributed by atoms with E-state index in [0.29, 0.717) is 36.1 Å². The van der Waals surface area contributed by atoms with Crippen LogP contribution in [0.2, 0.25) is 0 Å². The molecule has 0 aliphatic rings. The molecule has 0 bridgehead atoms. The zero-order valence-electron chi connectivity index (χ0n) is 15.2. The molecule has 0 aromatic carbocycles. The number of rotatable bonds is 8. The Hall–Kier alpha value is -2.50. The van der Waals surface area contributed by atoms with Crippen LogP contribution in [0.1, 0.15) is 49.1 Å². The topological polar surface area (TPSA) is 75.7 Å².